The molecular formula is C22H24BrN3O2S. The van der Waals surface area contributed by atoms with Gasteiger partial charge in [-0.05, 0) is 36.8 Å². The Morgan fingerprint density at radius 2 is 2.03 bits per heavy atom. The Kier molecular flexibility index (Phi) is 5.97. The van der Waals surface area contributed by atoms with Crippen molar-refractivity contribution in [3.05, 3.63) is 61.5 Å². The Morgan fingerprint density at radius 3 is 2.79 bits per heavy atom. The normalized spacial score (nSPS) is 18.5. The van der Waals surface area contributed by atoms with Crippen LogP contribution in [-0.4, -0.2) is 21.5 Å². The number of aromatic nitrogens is 2. The van der Waals surface area contributed by atoms with E-state index >= 15 is 0 Å². The van der Waals surface area contributed by atoms with E-state index in [9.17, 15) is 9.59 Å². The molecule has 29 heavy (non-hydrogen) atoms. The molecule has 1 aromatic heterocycles. The molecule has 0 bridgehead atoms. The second-order valence-corrected chi connectivity index (χ2v) is 9.85. The van der Waals surface area contributed by atoms with Crippen LogP contribution in [0.4, 0.5) is 5.82 Å². The lowest BCUT2D eigenvalue weighted by Crippen LogP contribution is -2.32. The number of carbonyl (C=O) groups excluding carboxylic acids is 1. The lowest BCUT2D eigenvalue weighted by Gasteiger charge is -2.33. The number of allylic oxidation sites excluding steroid dienone is 2. The zero-order valence-corrected chi connectivity index (χ0v) is 19.0. The maximum Gasteiger partial charge on any atom is 0.257 e. The van der Waals surface area contributed by atoms with E-state index in [1.807, 2.05) is 24.3 Å². The number of rotatable bonds is 5. The first-order valence-electron chi connectivity index (χ1n) is 10.0. The number of nitrogens with one attached hydrogen (secondary N) is 2. The fourth-order valence-corrected chi connectivity index (χ4v) is 5.54. The quantitative estimate of drug-likeness (QED) is 0.458. The number of Topliss-reactive ketones (excluding diaryl/α,β-unsaturated/α-hetero) is 1. The number of ketones is 1. The number of H-pyrrole nitrogens is 1. The molecule has 5 nitrogen and oxygen atoms in total. The lowest BCUT2D eigenvalue weighted by atomic mass is 9.76. The van der Waals surface area contributed by atoms with Gasteiger partial charge in [-0.15, -0.1) is 0 Å². The van der Waals surface area contributed by atoms with Crippen molar-refractivity contribution in [3.8, 4) is 0 Å². The van der Waals surface area contributed by atoms with Gasteiger partial charge in [-0.3, -0.25) is 9.59 Å². The number of carbonyl (C=O) groups is 1. The molecule has 2 aromatic rings. The summed E-state index contributed by atoms with van der Waals surface area (Å²) in [5.41, 5.74) is 2.89. The minimum atomic E-state index is -0.407. The van der Waals surface area contributed by atoms with Gasteiger partial charge in [0.2, 0.25) is 0 Å². The number of halogens is 1. The molecule has 2 aliphatic rings. The van der Waals surface area contributed by atoms with Crippen LogP contribution >= 0.6 is 27.7 Å². The van der Waals surface area contributed by atoms with Crippen molar-refractivity contribution < 1.29 is 4.79 Å². The Bertz CT molecular complexity index is 1040. The number of hydrogen-bond donors (Lipinski definition) is 2. The largest absolute Gasteiger partial charge is 0.343 e. The van der Waals surface area contributed by atoms with Crippen LogP contribution in [0.1, 0.15) is 56.6 Å². The summed E-state index contributed by atoms with van der Waals surface area (Å²) in [5, 5.41) is 3.95. The molecule has 1 aromatic carbocycles. The van der Waals surface area contributed by atoms with Crippen LogP contribution in [-0.2, 0) is 4.79 Å². The van der Waals surface area contributed by atoms with Gasteiger partial charge in [-0.1, -0.05) is 59.7 Å². The fourth-order valence-electron chi connectivity index (χ4n) is 3.92. The zero-order chi connectivity index (χ0) is 20.5. The predicted molar refractivity (Wildman–Crippen MR) is 121 cm³/mol. The van der Waals surface area contributed by atoms with Crippen LogP contribution < -0.4 is 10.9 Å². The monoisotopic (exact) mass is 473 g/mol. The van der Waals surface area contributed by atoms with Gasteiger partial charge in [0.05, 0.1) is 5.56 Å². The topological polar surface area (TPSA) is 74.8 Å². The number of nitrogens with zero attached hydrogens (tertiary/aromatic N) is 1. The van der Waals surface area contributed by atoms with Crippen molar-refractivity contribution in [3.63, 3.8) is 0 Å². The molecule has 0 radical (unpaired) electrons. The molecule has 1 aliphatic heterocycles. The summed E-state index contributed by atoms with van der Waals surface area (Å²) in [5.74, 6) is 1.79. The van der Waals surface area contributed by atoms with Gasteiger partial charge in [-0.25, -0.2) is 4.98 Å². The molecule has 2 heterocycles. The molecule has 0 fully saturated rings. The van der Waals surface area contributed by atoms with E-state index in [2.05, 4.69) is 40.1 Å². The molecule has 1 atom stereocenters. The molecule has 0 unspecified atom stereocenters. The number of hydrogen-bond acceptors (Lipinski definition) is 5. The Hall–Kier alpha value is -1.86. The van der Waals surface area contributed by atoms with Crippen molar-refractivity contribution in [2.24, 2.45) is 5.92 Å². The predicted octanol–water partition coefficient (Wildman–Crippen LogP) is 5.24. The van der Waals surface area contributed by atoms with E-state index < -0.39 is 5.92 Å². The van der Waals surface area contributed by atoms with E-state index in [1.165, 1.54) is 0 Å². The van der Waals surface area contributed by atoms with Crippen molar-refractivity contribution in [1.82, 2.24) is 9.97 Å². The molecule has 4 rings (SSSR count). The first-order chi connectivity index (χ1) is 14.0. The summed E-state index contributed by atoms with van der Waals surface area (Å²) in [7, 11) is 0. The van der Waals surface area contributed by atoms with Crippen LogP contribution in [0, 0.1) is 5.92 Å². The highest BCUT2D eigenvalue weighted by molar-refractivity contribution is 9.10. The third-order valence-electron chi connectivity index (χ3n) is 5.39. The van der Waals surface area contributed by atoms with Gasteiger partial charge >= 0.3 is 0 Å². The number of thioether (sulfide) groups is 1. The van der Waals surface area contributed by atoms with Gasteiger partial charge in [0, 0.05) is 33.8 Å². The van der Waals surface area contributed by atoms with Crippen molar-refractivity contribution in [1.29, 1.82) is 0 Å². The van der Waals surface area contributed by atoms with Gasteiger partial charge in [0.25, 0.3) is 5.56 Å². The SMILES string of the molecule is CC(C)CCSc1nc2c(c(=O)[nH]1)[C@H](c1ccccc1Br)C1=C(CCCC1=O)N2. The minimum absolute atomic E-state index is 0.111. The third-order valence-corrected chi connectivity index (χ3v) is 7.02. The summed E-state index contributed by atoms with van der Waals surface area (Å²) >= 11 is 5.18. The Labute approximate surface area is 182 Å². The molecule has 152 valence electrons. The van der Waals surface area contributed by atoms with E-state index in [4.69, 9.17) is 4.98 Å². The number of fused-ring (bicyclic) bond motifs is 1. The minimum Gasteiger partial charge on any atom is -0.343 e. The Morgan fingerprint density at radius 1 is 1.24 bits per heavy atom. The molecule has 0 amide bonds. The molecule has 0 spiro atoms. The Balaban J connectivity index is 1.82. The number of aromatic amines is 1. The van der Waals surface area contributed by atoms with E-state index in [1.54, 1.807) is 11.8 Å². The lowest BCUT2D eigenvalue weighted by molar-refractivity contribution is -0.116. The third kappa shape index (κ3) is 4.08. The van der Waals surface area contributed by atoms with Crippen molar-refractivity contribution in [2.75, 3.05) is 11.1 Å². The highest BCUT2D eigenvalue weighted by Gasteiger charge is 2.38. The van der Waals surface area contributed by atoms with E-state index in [-0.39, 0.29) is 11.3 Å². The molecule has 0 saturated carbocycles. The van der Waals surface area contributed by atoms with E-state index in [0.29, 0.717) is 34.4 Å². The highest BCUT2D eigenvalue weighted by Crippen LogP contribution is 2.45. The summed E-state index contributed by atoms with van der Waals surface area (Å²) in [6.07, 6.45) is 3.20. The van der Waals surface area contributed by atoms with Gasteiger partial charge in [0.15, 0.2) is 10.9 Å². The molecule has 2 N–H and O–H groups in total. The maximum atomic E-state index is 13.2. The second kappa shape index (κ2) is 8.48. The van der Waals surface area contributed by atoms with Crippen LogP contribution in [0.15, 0.2) is 50.0 Å². The highest BCUT2D eigenvalue weighted by atomic mass is 79.9. The first-order valence-corrected chi connectivity index (χ1v) is 11.8. The van der Waals surface area contributed by atoms with Crippen LogP contribution in [0.3, 0.4) is 0 Å². The average molecular weight is 474 g/mol. The molecule has 1 aliphatic carbocycles. The van der Waals surface area contributed by atoms with Crippen LogP contribution in [0.5, 0.6) is 0 Å². The molecule has 0 saturated heterocycles. The van der Waals surface area contributed by atoms with E-state index in [0.717, 1.165) is 40.7 Å². The zero-order valence-electron chi connectivity index (χ0n) is 16.5. The average Bonchev–Trinajstić information content (AvgIpc) is 2.67. The van der Waals surface area contributed by atoms with Crippen LogP contribution in [0.2, 0.25) is 0 Å². The number of benzene rings is 1. The smallest absolute Gasteiger partial charge is 0.257 e. The fraction of sp³-hybridized carbons (Fsp3) is 0.409. The van der Waals surface area contributed by atoms with Crippen LogP contribution in [0.25, 0.3) is 0 Å². The van der Waals surface area contributed by atoms with Gasteiger partial charge < -0.3 is 10.3 Å². The summed E-state index contributed by atoms with van der Waals surface area (Å²) in [6.45, 7) is 4.36. The second-order valence-electron chi connectivity index (χ2n) is 7.91. The summed E-state index contributed by atoms with van der Waals surface area (Å²) in [6, 6.07) is 7.79. The van der Waals surface area contributed by atoms with Crippen molar-refractivity contribution >= 4 is 39.3 Å². The maximum absolute atomic E-state index is 13.2. The molecular weight excluding hydrogens is 450 g/mol. The van der Waals surface area contributed by atoms with Gasteiger partial charge in [0.1, 0.15) is 5.82 Å². The first kappa shape index (κ1) is 20.4. The van der Waals surface area contributed by atoms with Gasteiger partial charge in [-0.2, -0.15) is 0 Å². The standard InChI is InChI=1S/C22H24BrN3O2S/c1-12(2)10-11-29-22-25-20-19(21(28)26-22)17(13-6-3-4-7-14(13)23)18-15(24-20)8-5-9-16(18)27/h3-4,6-7,12,17H,5,8-11H2,1-2H3,(H2,24,25,26,28)/t17-/m1/s1. The number of anilines is 1. The summed E-state index contributed by atoms with van der Waals surface area (Å²) < 4.78 is 0.887. The molecule has 7 heteroatoms. The van der Waals surface area contributed by atoms with Crippen molar-refractivity contribution in [2.45, 2.75) is 50.6 Å². The summed E-state index contributed by atoms with van der Waals surface area (Å²) in [4.78, 5) is 33.7.